The molecule has 1 aromatic rings. The van der Waals surface area contributed by atoms with Crippen LogP contribution in [0.25, 0.3) is 0 Å². The van der Waals surface area contributed by atoms with Crippen LogP contribution in [0.4, 0.5) is 0 Å². The molecular formula is C18H30O. The van der Waals surface area contributed by atoms with Crippen molar-refractivity contribution in [2.45, 2.75) is 73.1 Å². The Balaban J connectivity index is 3.31. The molecule has 1 rings (SSSR count). The quantitative estimate of drug-likeness (QED) is 0.647. The van der Waals surface area contributed by atoms with Crippen LogP contribution in [-0.2, 0) is 12.8 Å². The first-order valence-corrected chi connectivity index (χ1v) is 7.73. The summed E-state index contributed by atoms with van der Waals surface area (Å²) in [6.07, 6.45) is 7.25. The smallest absolute Gasteiger partial charge is 0.125 e. The predicted molar refractivity (Wildman–Crippen MR) is 84.4 cm³/mol. The Morgan fingerprint density at radius 1 is 0.737 bits per heavy atom. The van der Waals surface area contributed by atoms with Gasteiger partial charge in [0.05, 0.1) is 7.11 Å². The molecule has 0 aromatic heterocycles. The lowest BCUT2D eigenvalue weighted by Crippen LogP contribution is -2.06. The molecule has 0 bridgehead atoms. The van der Waals surface area contributed by atoms with Crippen LogP contribution in [0.5, 0.6) is 5.75 Å². The molecule has 0 amide bonds. The summed E-state index contributed by atoms with van der Waals surface area (Å²) in [7, 11) is 1.83. The van der Waals surface area contributed by atoms with Crippen LogP contribution in [0.15, 0.2) is 0 Å². The Morgan fingerprint density at radius 3 is 1.47 bits per heavy atom. The number of rotatable bonds is 7. The molecule has 0 atom stereocenters. The monoisotopic (exact) mass is 262 g/mol. The minimum atomic E-state index is 1.14. The number of benzene rings is 1. The molecule has 0 saturated carbocycles. The lowest BCUT2D eigenvalue weighted by Gasteiger charge is -2.21. The lowest BCUT2D eigenvalue weighted by molar-refractivity contribution is 0.402. The van der Waals surface area contributed by atoms with Gasteiger partial charge < -0.3 is 4.74 Å². The third kappa shape index (κ3) is 3.52. The maximum Gasteiger partial charge on any atom is 0.125 e. The van der Waals surface area contributed by atoms with Gasteiger partial charge in [0.1, 0.15) is 5.75 Å². The van der Waals surface area contributed by atoms with Crippen molar-refractivity contribution in [3.8, 4) is 5.75 Å². The Labute approximate surface area is 119 Å². The molecule has 1 aromatic carbocycles. The zero-order chi connectivity index (χ0) is 14.4. The topological polar surface area (TPSA) is 9.23 Å². The van der Waals surface area contributed by atoms with E-state index in [0.717, 1.165) is 12.8 Å². The molecule has 1 heteroatoms. The molecule has 0 fully saturated rings. The van der Waals surface area contributed by atoms with Crippen molar-refractivity contribution < 1.29 is 4.74 Å². The van der Waals surface area contributed by atoms with Crippen LogP contribution >= 0.6 is 0 Å². The second-order valence-electron chi connectivity index (χ2n) is 5.57. The van der Waals surface area contributed by atoms with Crippen molar-refractivity contribution in [1.29, 1.82) is 0 Å². The van der Waals surface area contributed by atoms with Crippen LogP contribution in [-0.4, -0.2) is 7.11 Å². The van der Waals surface area contributed by atoms with Gasteiger partial charge in [-0.3, -0.25) is 0 Å². The van der Waals surface area contributed by atoms with Crippen molar-refractivity contribution in [3.63, 3.8) is 0 Å². The molecule has 0 aliphatic rings. The second-order valence-corrected chi connectivity index (χ2v) is 5.57. The van der Waals surface area contributed by atoms with Gasteiger partial charge in [0.25, 0.3) is 0 Å². The van der Waals surface area contributed by atoms with E-state index in [9.17, 15) is 0 Å². The molecule has 1 nitrogen and oxygen atoms in total. The van der Waals surface area contributed by atoms with Gasteiger partial charge in [0.15, 0.2) is 0 Å². The lowest BCUT2D eigenvalue weighted by atomic mass is 9.88. The summed E-state index contributed by atoms with van der Waals surface area (Å²) < 4.78 is 5.79. The fraction of sp³-hybridized carbons (Fsp3) is 0.667. The highest BCUT2D eigenvalue weighted by molar-refractivity contribution is 5.54. The molecule has 0 aliphatic heterocycles. The number of unbranched alkanes of at least 4 members (excludes halogenated alkanes) is 2. The summed E-state index contributed by atoms with van der Waals surface area (Å²) in [6.45, 7) is 11.3. The second kappa shape index (κ2) is 7.57. The van der Waals surface area contributed by atoms with Crippen LogP contribution < -0.4 is 4.74 Å². The van der Waals surface area contributed by atoms with Crippen molar-refractivity contribution in [2.24, 2.45) is 0 Å². The molecule has 0 radical (unpaired) electrons. The average Bonchev–Trinajstić information content (AvgIpc) is 2.42. The Hall–Kier alpha value is -0.980. The molecule has 0 aliphatic carbocycles. The first kappa shape index (κ1) is 16.1. The molecule has 0 unspecified atom stereocenters. The Kier molecular flexibility index (Phi) is 6.41. The highest BCUT2D eigenvalue weighted by Gasteiger charge is 2.17. The van der Waals surface area contributed by atoms with E-state index in [-0.39, 0.29) is 0 Å². The van der Waals surface area contributed by atoms with E-state index < -0.39 is 0 Å². The summed E-state index contributed by atoms with van der Waals surface area (Å²) in [5.41, 5.74) is 7.21. The maximum absolute atomic E-state index is 5.79. The molecule has 0 spiro atoms. The molecule has 0 heterocycles. The minimum absolute atomic E-state index is 1.14. The van der Waals surface area contributed by atoms with Gasteiger partial charge in [-0.15, -0.1) is 0 Å². The van der Waals surface area contributed by atoms with E-state index in [2.05, 4.69) is 34.6 Å². The van der Waals surface area contributed by atoms with Crippen molar-refractivity contribution >= 4 is 0 Å². The predicted octanol–water partition coefficient (Wildman–Crippen LogP) is 5.31. The van der Waals surface area contributed by atoms with Crippen LogP contribution in [0.1, 0.15) is 67.3 Å². The molecule has 0 saturated heterocycles. The van der Waals surface area contributed by atoms with Crippen LogP contribution in [0, 0.1) is 20.8 Å². The average molecular weight is 262 g/mol. The highest BCUT2D eigenvalue weighted by Crippen LogP contribution is 2.35. The highest BCUT2D eigenvalue weighted by atomic mass is 16.5. The van der Waals surface area contributed by atoms with Gasteiger partial charge in [-0.25, -0.2) is 0 Å². The zero-order valence-electron chi connectivity index (χ0n) is 13.7. The Bertz CT molecular complexity index is 383. The Morgan fingerprint density at radius 2 is 1.16 bits per heavy atom. The number of hydrogen-bond acceptors (Lipinski definition) is 1. The molecule has 19 heavy (non-hydrogen) atoms. The summed E-state index contributed by atoms with van der Waals surface area (Å²) in [5.74, 6) is 1.17. The molecule has 0 N–H and O–H groups in total. The normalized spacial score (nSPS) is 10.8. The van der Waals surface area contributed by atoms with E-state index in [1.807, 2.05) is 7.11 Å². The first-order valence-electron chi connectivity index (χ1n) is 7.73. The van der Waals surface area contributed by atoms with Gasteiger partial charge in [-0.1, -0.05) is 26.7 Å². The SMILES string of the molecule is CCCCc1c(C)c(C)c(C)c(CCCC)c1OC. The van der Waals surface area contributed by atoms with Gasteiger partial charge in [-0.2, -0.15) is 0 Å². The van der Waals surface area contributed by atoms with E-state index in [0.29, 0.717) is 0 Å². The van der Waals surface area contributed by atoms with E-state index >= 15 is 0 Å². The third-order valence-corrected chi connectivity index (χ3v) is 4.34. The van der Waals surface area contributed by atoms with Gasteiger partial charge >= 0.3 is 0 Å². The van der Waals surface area contributed by atoms with Crippen molar-refractivity contribution in [3.05, 3.63) is 27.8 Å². The molecular weight excluding hydrogens is 232 g/mol. The summed E-state index contributed by atoms with van der Waals surface area (Å²) in [5, 5.41) is 0. The largest absolute Gasteiger partial charge is 0.496 e. The number of methoxy groups -OCH3 is 1. The summed E-state index contributed by atoms with van der Waals surface area (Å²) in [4.78, 5) is 0. The van der Waals surface area contributed by atoms with Crippen molar-refractivity contribution in [1.82, 2.24) is 0 Å². The standard InChI is InChI=1S/C18H30O/c1-7-9-11-16-14(4)13(3)15(5)17(12-10-8-2)18(16)19-6/h7-12H2,1-6H3. The number of ether oxygens (including phenoxy) is 1. The van der Waals surface area contributed by atoms with E-state index in [4.69, 9.17) is 4.74 Å². The van der Waals surface area contributed by atoms with Crippen LogP contribution in [0.3, 0.4) is 0 Å². The van der Waals surface area contributed by atoms with Crippen molar-refractivity contribution in [2.75, 3.05) is 7.11 Å². The zero-order valence-corrected chi connectivity index (χ0v) is 13.7. The van der Waals surface area contributed by atoms with E-state index in [1.165, 1.54) is 59.3 Å². The molecule has 108 valence electrons. The van der Waals surface area contributed by atoms with Crippen LogP contribution in [0.2, 0.25) is 0 Å². The minimum Gasteiger partial charge on any atom is -0.496 e. The van der Waals surface area contributed by atoms with Gasteiger partial charge in [0.2, 0.25) is 0 Å². The van der Waals surface area contributed by atoms with Gasteiger partial charge in [0, 0.05) is 0 Å². The van der Waals surface area contributed by atoms with E-state index in [1.54, 1.807) is 0 Å². The summed E-state index contributed by atoms with van der Waals surface area (Å²) >= 11 is 0. The summed E-state index contributed by atoms with van der Waals surface area (Å²) in [6, 6.07) is 0. The number of hydrogen-bond donors (Lipinski definition) is 0. The first-order chi connectivity index (χ1) is 9.08. The third-order valence-electron chi connectivity index (χ3n) is 4.34. The fourth-order valence-electron chi connectivity index (χ4n) is 2.81. The fourth-order valence-corrected chi connectivity index (χ4v) is 2.81. The maximum atomic E-state index is 5.79. The van der Waals surface area contributed by atoms with Gasteiger partial charge in [-0.05, 0) is 74.3 Å².